The fourth-order valence-corrected chi connectivity index (χ4v) is 6.92. The van der Waals surface area contributed by atoms with Crippen LogP contribution in [0.25, 0.3) is 22.3 Å². The lowest BCUT2D eigenvalue weighted by molar-refractivity contribution is 0.299. The normalized spacial score (nSPS) is 21.5. The second kappa shape index (κ2) is 9.25. The number of piperidine rings is 1. The summed E-state index contributed by atoms with van der Waals surface area (Å²) in [5, 5.41) is 11.2. The molecule has 1 saturated carbocycles. The Morgan fingerprint density at radius 3 is 2.62 bits per heavy atom. The lowest BCUT2D eigenvalue weighted by Gasteiger charge is -2.23. The summed E-state index contributed by atoms with van der Waals surface area (Å²) in [4.78, 5) is 7.36. The van der Waals surface area contributed by atoms with Crippen LogP contribution in [0.5, 0.6) is 0 Å². The van der Waals surface area contributed by atoms with Crippen molar-refractivity contribution in [1.82, 2.24) is 24.6 Å². The lowest BCUT2D eigenvalue weighted by atomic mass is 9.85. The molecule has 4 aromatic rings. The molecule has 0 amide bonds. The minimum Gasteiger partial charge on any atom is -0.305 e. The van der Waals surface area contributed by atoms with Crippen LogP contribution in [0.15, 0.2) is 59.8 Å². The van der Waals surface area contributed by atoms with Crippen LogP contribution in [-0.4, -0.2) is 50.0 Å². The Bertz CT molecular complexity index is 1430. The molecule has 0 spiro atoms. The van der Waals surface area contributed by atoms with Gasteiger partial charge in [-0.15, -0.1) is 10.2 Å². The first kappa shape index (κ1) is 24.6. The van der Waals surface area contributed by atoms with Crippen LogP contribution in [0, 0.1) is 12.8 Å². The van der Waals surface area contributed by atoms with Gasteiger partial charge in [-0.1, -0.05) is 75.0 Å². The number of thioether (sulfide) groups is 1. The van der Waals surface area contributed by atoms with Crippen LogP contribution in [0.2, 0.25) is 0 Å². The Morgan fingerprint density at radius 2 is 1.84 bits per heavy atom. The van der Waals surface area contributed by atoms with E-state index in [0.29, 0.717) is 5.41 Å². The van der Waals surface area contributed by atoms with Gasteiger partial charge in [-0.05, 0) is 60.9 Å². The second-order valence-corrected chi connectivity index (χ2v) is 13.1. The van der Waals surface area contributed by atoms with E-state index in [-0.39, 0.29) is 5.41 Å². The fourth-order valence-electron chi connectivity index (χ4n) is 6.08. The summed E-state index contributed by atoms with van der Waals surface area (Å²) in [5.74, 6) is 2.79. The highest BCUT2D eigenvalue weighted by Crippen LogP contribution is 2.59. The molecule has 2 aromatic heterocycles. The van der Waals surface area contributed by atoms with Crippen LogP contribution in [0.3, 0.4) is 0 Å². The molecular formula is C31H37N5S. The van der Waals surface area contributed by atoms with Gasteiger partial charge in [-0.3, -0.25) is 4.98 Å². The van der Waals surface area contributed by atoms with Crippen molar-refractivity contribution >= 4 is 22.7 Å². The molecule has 6 heteroatoms. The predicted molar refractivity (Wildman–Crippen MR) is 153 cm³/mol. The second-order valence-electron chi connectivity index (χ2n) is 12.0. The number of benzene rings is 2. The SMILES string of the molecule is Cc1ccc2c(-c3nnc(SCCCN4C[C@H]5CC5(c5ccc(C(C)(C)C)cc5)C4)n3C)cccc2n1. The van der Waals surface area contributed by atoms with Gasteiger partial charge in [-0.2, -0.15) is 0 Å². The molecule has 2 atom stereocenters. The third kappa shape index (κ3) is 4.59. The van der Waals surface area contributed by atoms with Crippen molar-refractivity contribution in [3.63, 3.8) is 0 Å². The number of fused-ring (bicyclic) bond motifs is 2. The van der Waals surface area contributed by atoms with Crippen LogP contribution in [-0.2, 0) is 17.9 Å². The quantitative estimate of drug-likeness (QED) is 0.212. The monoisotopic (exact) mass is 511 g/mol. The number of hydrogen-bond acceptors (Lipinski definition) is 5. The molecule has 1 aliphatic heterocycles. The van der Waals surface area contributed by atoms with Gasteiger partial charge in [0.15, 0.2) is 11.0 Å². The molecule has 1 unspecified atom stereocenters. The third-order valence-electron chi connectivity index (χ3n) is 8.34. The average Bonchev–Trinajstić information content (AvgIpc) is 3.25. The fraction of sp³-hybridized carbons (Fsp3) is 0.452. The first-order valence-electron chi connectivity index (χ1n) is 13.5. The minimum absolute atomic E-state index is 0.216. The molecule has 6 rings (SSSR count). The average molecular weight is 512 g/mol. The van der Waals surface area contributed by atoms with Crippen LogP contribution in [0.1, 0.15) is 50.4 Å². The molecule has 0 radical (unpaired) electrons. The van der Waals surface area contributed by atoms with E-state index in [4.69, 9.17) is 0 Å². The van der Waals surface area contributed by atoms with Gasteiger partial charge >= 0.3 is 0 Å². The zero-order valence-corrected chi connectivity index (χ0v) is 23.5. The highest BCUT2D eigenvalue weighted by molar-refractivity contribution is 7.99. The highest BCUT2D eigenvalue weighted by Gasteiger charge is 2.60. The van der Waals surface area contributed by atoms with Gasteiger partial charge in [0.05, 0.1) is 5.52 Å². The molecule has 0 N–H and O–H groups in total. The zero-order valence-electron chi connectivity index (χ0n) is 22.7. The number of aryl methyl sites for hydroxylation is 1. The van der Waals surface area contributed by atoms with Gasteiger partial charge in [-0.25, -0.2) is 0 Å². The lowest BCUT2D eigenvalue weighted by Crippen LogP contribution is -2.28. The van der Waals surface area contributed by atoms with Crippen molar-refractivity contribution in [3.05, 3.63) is 71.4 Å². The van der Waals surface area contributed by atoms with Crippen molar-refractivity contribution in [2.45, 2.75) is 56.5 Å². The summed E-state index contributed by atoms with van der Waals surface area (Å²) in [6.45, 7) is 12.5. The highest BCUT2D eigenvalue weighted by atomic mass is 32.2. The van der Waals surface area contributed by atoms with Gasteiger partial charge in [0, 0.05) is 47.9 Å². The Kier molecular flexibility index (Phi) is 6.15. The van der Waals surface area contributed by atoms with E-state index in [0.717, 1.165) is 57.8 Å². The molecule has 5 nitrogen and oxygen atoms in total. The summed E-state index contributed by atoms with van der Waals surface area (Å²) in [6.07, 6.45) is 2.52. The van der Waals surface area contributed by atoms with E-state index in [2.05, 4.69) is 107 Å². The van der Waals surface area contributed by atoms with Crippen molar-refractivity contribution in [1.29, 1.82) is 0 Å². The summed E-state index contributed by atoms with van der Waals surface area (Å²) in [6, 6.07) is 19.9. The maximum Gasteiger partial charge on any atom is 0.191 e. The molecule has 3 heterocycles. The largest absolute Gasteiger partial charge is 0.305 e. The van der Waals surface area contributed by atoms with Crippen molar-refractivity contribution < 1.29 is 0 Å². The number of pyridine rings is 1. The van der Waals surface area contributed by atoms with Crippen molar-refractivity contribution in [3.8, 4) is 11.4 Å². The van der Waals surface area contributed by atoms with Gasteiger partial charge in [0.25, 0.3) is 0 Å². The summed E-state index contributed by atoms with van der Waals surface area (Å²) in [5.41, 5.74) is 6.72. The summed E-state index contributed by atoms with van der Waals surface area (Å²) >= 11 is 1.81. The van der Waals surface area contributed by atoms with Crippen LogP contribution < -0.4 is 0 Å². The smallest absolute Gasteiger partial charge is 0.191 e. The van der Waals surface area contributed by atoms with E-state index in [9.17, 15) is 0 Å². The van der Waals surface area contributed by atoms with Crippen molar-refractivity contribution in [2.24, 2.45) is 13.0 Å². The molecule has 2 aromatic carbocycles. The van der Waals surface area contributed by atoms with Gasteiger partial charge in [0.2, 0.25) is 0 Å². The molecule has 192 valence electrons. The molecule has 2 aliphatic rings. The first-order chi connectivity index (χ1) is 17.7. The van der Waals surface area contributed by atoms with E-state index >= 15 is 0 Å². The topological polar surface area (TPSA) is 46.8 Å². The van der Waals surface area contributed by atoms with E-state index in [1.807, 2.05) is 18.7 Å². The molecule has 2 fully saturated rings. The number of likely N-dealkylation sites (tertiary alicyclic amines) is 1. The molecule has 1 saturated heterocycles. The maximum absolute atomic E-state index is 4.68. The Morgan fingerprint density at radius 1 is 1.03 bits per heavy atom. The predicted octanol–water partition coefficient (Wildman–Crippen LogP) is 6.39. The summed E-state index contributed by atoms with van der Waals surface area (Å²) in [7, 11) is 2.07. The Balaban J connectivity index is 1.05. The Labute approximate surface area is 224 Å². The number of rotatable bonds is 7. The van der Waals surface area contributed by atoms with E-state index < -0.39 is 0 Å². The minimum atomic E-state index is 0.216. The third-order valence-corrected chi connectivity index (χ3v) is 9.45. The van der Waals surface area contributed by atoms with Crippen LogP contribution >= 0.6 is 11.8 Å². The summed E-state index contributed by atoms with van der Waals surface area (Å²) < 4.78 is 2.13. The molecular weight excluding hydrogens is 474 g/mol. The first-order valence-corrected chi connectivity index (χ1v) is 14.5. The molecule has 0 bridgehead atoms. The zero-order chi connectivity index (χ0) is 25.8. The maximum atomic E-state index is 4.68. The van der Waals surface area contributed by atoms with E-state index in [1.165, 1.54) is 25.1 Å². The molecule has 1 aliphatic carbocycles. The van der Waals surface area contributed by atoms with Gasteiger partial charge < -0.3 is 9.47 Å². The molecule has 37 heavy (non-hydrogen) atoms. The number of nitrogens with zero attached hydrogens (tertiary/aromatic N) is 5. The van der Waals surface area contributed by atoms with Crippen LogP contribution in [0.4, 0.5) is 0 Å². The van der Waals surface area contributed by atoms with E-state index in [1.54, 1.807) is 5.56 Å². The van der Waals surface area contributed by atoms with Crippen molar-refractivity contribution in [2.75, 3.05) is 25.4 Å². The number of hydrogen-bond donors (Lipinski definition) is 0. The van der Waals surface area contributed by atoms with Gasteiger partial charge in [0.1, 0.15) is 0 Å². The number of aromatic nitrogens is 4. The Hall–Kier alpha value is -2.70. The standard InChI is InChI=1S/C31H37N5S/c1-21-10-15-25-26(8-6-9-27(25)32-21)28-33-34-29(35(28)5)37-17-7-16-36-19-24-18-31(24,20-36)23-13-11-22(12-14-23)30(2,3)4/h6,8-15,24H,7,16-20H2,1-5H3/t24-,31?/m1/s1.